The van der Waals surface area contributed by atoms with E-state index in [2.05, 4.69) is 20.9 Å². The smallest absolute Gasteiger partial charge is 0.328 e. The van der Waals surface area contributed by atoms with Gasteiger partial charge >= 0.3 is 11.6 Å². The first kappa shape index (κ1) is 13.3. The van der Waals surface area contributed by atoms with Gasteiger partial charge in [-0.2, -0.15) is 0 Å². The second-order valence-corrected chi connectivity index (χ2v) is 4.46. The Hall–Kier alpha value is -2.13. The zero-order valence-electron chi connectivity index (χ0n) is 9.47. The lowest BCUT2D eigenvalue weighted by Gasteiger charge is -2.02. The molecule has 100 valence electrons. The van der Waals surface area contributed by atoms with E-state index in [1.54, 1.807) is 0 Å². The number of furan rings is 1. The number of rotatable bonds is 3. The van der Waals surface area contributed by atoms with Crippen LogP contribution in [0.2, 0.25) is 0 Å². The molecule has 0 aliphatic carbocycles. The summed E-state index contributed by atoms with van der Waals surface area (Å²) in [7, 11) is 0. The molecule has 2 heterocycles. The Morgan fingerprint density at radius 1 is 1.47 bits per heavy atom. The van der Waals surface area contributed by atoms with Crippen LogP contribution in [0, 0.1) is 0 Å². The number of nitrogens with zero attached hydrogens (tertiary/aromatic N) is 1. The zero-order valence-corrected chi connectivity index (χ0v) is 11.1. The van der Waals surface area contributed by atoms with Crippen LogP contribution >= 0.6 is 15.9 Å². The third-order valence-electron chi connectivity index (χ3n) is 2.31. The number of aromatic nitrogens is 2. The van der Waals surface area contributed by atoms with Crippen LogP contribution in [0.5, 0.6) is 0 Å². The molecule has 2 aromatic rings. The molecule has 0 fully saturated rings. The Bertz CT molecular complexity index is 730. The molecule has 1 amide bonds. The van der Waals surface area contributed by atoms with Gasteiger partial charge in [-0.15, -0.1) is 0 Å². The Morgan fingerprint density at radius 3 is 2.89 bits per heavy atom. The molecule has 0 aliphatic heterocycles. The predicted octanol–water partition coefficient (Wildman–Crippen LogP) is -0.456. The molecule has 0 radical (unpaired) electrons. The van der Waals surface area contributed by atoms with Gasteiger partial charge in [-0.1, -0.05) is 0 Å². The minimum Gasteiger partial charge on any atom is -0.454 e. The van der Waals surface area contributed by atoms with Crippen LogP contribution in [0.25, 0.3) is 0 Å². The molecule has 0 atom stereocenters. The summed E-state index contributed by atoms with van der Waals surface area (Å²) in [6, 6.07) is 2.97. The molecule has 2 rings (SSSR count). The van der Waals surface area contributed by atoms with Gasteiger partial charge in [-0.25, -0.2) is 10.6 Å². The summed E-state index contributed by atoms with van der Waals surface area (Å²) in [5, 5.41) is 0. The number of hydrazine groups is 1. The van der Waals surface area contributed by atoms with E-state index in [0.29, 0.717) is 5.76 Å². The SMILES string of the molecule is NNC(=O)c1ccc(Cn2cc(Br)c(=O)[nH]c2=O)o1. The van der Waals surface area contributed by atoms with Crippen LogP contribution in [0.1, 0.15) is 16.3 Å². The van der Waals surface area contributed by atoms with Crippen LogP contribution in [-0.4, -0.2) is 15.5 Å². The topological polar surface area (TPSA) is 123 Å². The van der Waals surface area contributed by atoms with Crippen LogP contribution in [0.3, 0.4) is 0 Å². The summed E-state index contributed by atoms with van der Waals surface area (Å²) >= 11 is 3.02. The van der Waals surface area contributed by atoms with E-state index >= 15 is 0 Å². The monoisotopic (exact) mass is 328 g/mol. The number of nitrogens with one attached hydrogen (secondary N) is 2. The fourth-order valence-corrected chi connectivity index (χ4v) is 1.77. The largest absolute Gasteiger partial charge is 0.454 e. The Morgan fingerprint density at radius 2 is 2.21 bits per heavy atom. The maximum Gasteiger partial charge on any atom is 0.328 e. The van der Waals surface area contributed by atoms with Gasteiger partial charge in [0, 0.05) is 6.20 Å². The van der Waals surface area contributed by atoms with Gasteiger partial charge in [0.15, 0.2) is 5.76 Å². The average molecular weight is 329 g/mol. The van der Waals surface area contributed by atoms with Crippen LogP contribution in [-0.2, 0) is 6.54 Å². The second-order valence-electron chi connectivity index (χ2n) is 3.60. The van der Waals surface area contributed by atoms with Crippen molar-refractivity contribution in [3.05, 3.63) is 55.2 Å². The summed E-state index contributed by atoms with van der Waals surface area (Å²) in [6.07, 6.45) is 1.34. The van der Waals surface area contributed by atoms with E-state index in [1.807, 2.05) is 5.43 Å². The van der Waals surface area contributed by atoms with Crippen molar-refractivity contribution in [3.63, 3.8) is 0 Å². The van der Waals surface area contributed by atoms with E-state index in [0.717, 1.165) is 0 Å². The molecule has 0 unspecified atom stereocenters. The summed E-state index contributed by atoms with van der Waals surface area (Å²) in [6.45, 7) is 0.0755. The van der Waals surface area contributed by atoms with Gasteiger partial charge in [-0.3, -0.25) is 24.6 Å². The third-order valence-corrected chi connectivity index (χ3v) is 2.88. The van der Waals surface area contributed by atoms with Crippen molar-refractivity contribution in [3.8, 4) is 0 Å². The van der Waals surface area contributed by atoms with Crippen LogP contribution in [0.15, 0.2) is 36.8 Å². The normalized spacial score (nSPS) is 10.4. The van der Waals surface area contributed by atoms with Gasteiger partial charge in [0.2, 0.25) is 0 Å². The molecular formula is C10H9BrN4O4. The van der Waals surface area contributed by atoms with Crippen molar-refractivity contribution in [2.24, 2.45) is 5.84 Å². The first-order valence-corrected chi connectivity index (χ1v) is 5.89. The number of nitrogens with two attached hydrogens (primary N) is 1. The van der Waals surface area contributed by atoms with E-state index < -0.39 is 17.2 Å². The van der Waals surface area contributed by atoms with Gasteiger partial charge in [0.05, 0.1) is 11.0 Å². The van der Waals surface area contributed by atoms with E-state index in [4.69, 9.17) is 10.3 Å². The lowest BCUT2D eigenvalue weighted by atomic mass is 10.4. The van der Waals surface area contributed by atoms with Crippen molar-refractivity contribution >= 4 is 21.8 Å². The van der Waals surface area contributed by atoms with Gasteiger partial charge in [-0.05, 0) is 28.1 Å². The molecular weight excluding hydrogens is 320 g/mol. The molecule has 0 aliphatic rings. The Labute approximate surface area is 114 Å². The highest BCUT2D eigenvalue weighted by molar-refractivity contribution is 9.10. The minimum atomic E-state index is -0.575. The molecule has 9 heteroatoms. The zero-order chi connectivity index (χ0) is 14.0. The van der Waals surface area contributed by atoms with Crippen molar-refractivity contribution in [1.29, 1.82) is 0 Å². The van der Waals surface area contributed by atoms with E-state index in [1.165, 1.54) is 22.9 Å². The number of aromatic amines is 1. The van der Waals surface area contributed by atoms with Crippen LogP contribution in [0.4, 0.5) is 0 Å². The number of amides is 1. The lowest BCUT2D eigenvalue weighted by molar-refractivity contribution is 0.0924. The summed E-state index contributed by atoms with van der Waals surface area (Å²) < 4.78 is 6.66. The minimum absolute atomic E-state index is 0.0361. The Kier molecular flexibility index (Phi) is 3.67. The summed E-state index contributed by atoms with van der Waals surface area (Å²) in [4.78, 5) is 36.0. The highest BCUT2D eigenvalue weighted by Gasteiger charge is 2.10. The molecule has 0 aromatic carbocycles. The third kappa shape index (κ3) is 2.83. The number of carbonyl (C=O) groups excluding carboxylic acids is 1. The number of H-pyrrole nitrogens is 1. The highest BCUT2D eigenvalue weighted by Crippen LogP contribution is 2.09. The van der Waals surface area contributed by atoms with Crippen molar-refractivity contribution in [1.82, 2.24) is 15.0 Å². The van der Waals surface area contributed by atoms with Gasteiger partial charge in [0.25, 0.3) is 5.56 Å². The van der Waals surface area contributed by atoms with Crippen molar-refractivity contribution in [2.75, 3.05) is 0 Å². The first-order valence-electron chi connectivity index (χ1n) is 5.10. The number of nitrogen functional groups attached to an aromatic ring is 1. The standard InChI is InChI=1S/C10H9BrN4O4/c11-6-4-15(10(18)13-8(6)16)3-5-1-2-7(19-5)9(17)14-12/h1-2,4H,3,12H2,(H,14,17)(H,13,16,18). The molecule has 8 nitrogen and oxygen atoms in total. The molecule has 4 N–H and O–H groups in total. The second kappa shape index (κ2) is 5.24. The van der Waals surface area contributed by atoms with E-state index in [-0.39, 0.29) is 16.8 Å². The number of carbonyl (C=O) groups is 1. The maximum absolute atomic E-state index is 11.5. The predicted molar refractivity (Wildman–Crippen MR) is 68.5 cm³/mol. The van der Waals surface area contributed by atoms with Crippen molar-refractivity contribution in [2.45, 2.75) is 6.54 Å². The fourth-order valence-electron chi connectivity index (χ4n) is 1.42. The molecule has 0 saturated carbocycles. The van der Waals surface area contributed by atoms with Gasteiger partial charge < -0.3 is 4.42 Å². The first-order chi connectivity index (χ1) is 9.01. The summed E-state index contributed by atoms with van der Waals surface area (Å²) in [5.74, 6) is 4.81. The molecule has 0 bridgehead atoms. The highest BCUT2D eigenvalue weighted by atomic mass is 79.9. The fraction of sp³-hybridized carbons (Fsp3) is 0.100. The number of hydrogen-bond donors (Lipinski definition) is 3. The number of hydrogen-bond acceptors (Lipinski definition) is 5. The van der Waals surface area contributed by atoms with Crippen LogP contribution < -0.4 is 22.5 Å². The maximum atomic E-state index is 11.5. The average Bonchev–Trinajstić information content (AvgIpc) is 2.83. The molecule has 0 saturated heterocycles. The molecule has 19 heavy (non-hydrogen) atoms. The number of halogens is 1. The molecule has 2 aromatic heterocycles. The quantitative estimate of drug-likeness (QED) is 0.400. The molecule has 0 spiro atoms. The van der Waals surface area contributed by atoms with Crippen molar-refractivity contribution < 1.29 is 9.21 Å². The lowest BCUT2D eigenvalue weighted by Crippen LogP contribution is -2.30. The Balaban J connectivity index is 2.29. The van der Waals surface area contributed by atoms with Gasteiger partial charge in [0.1, 0.15) is 5.76 Å². The summed E-state index contributed by atoms with van der Waals surface area (Å²) in [5.41, 5.74) is 0.845. The van der Waals surface area contributed by atoms with E-state index in [9.17, 15) is 14.4 Å².